The molecule has 2 atom stereocenters. The van der Waals surface area contributed by atoms with E-state index < -0.39 is 0 Å². The van der Waals surface area contributed by atoms with Crippen molar-refractivity contribution in [3.8, 4) is 0 Å². The van der Waals surface area contributed by atoms with E-state index in [1.807, 2.05) is 11.3 Å². The summed E-state index contributed by atoms with van der Waals surface area (Å²) in [5.74, 6) is 0.863. The number of rotatable bonds is 7. The second-order valence-corrected chi connectivity index (χ2v) is 7.50. The molecule has 120 valence electrons. The van der Waals surface area contributed by atoms with Crippen LogP contribution in [-0.4, -0.2) is 24.6 Å². The van der Waals surface area contributed by atoms with Gasteiger partial charge in [0.25, 0.3) is 0 Å². The molecule has 1 N–H and O–H groups in total. The van der Waals surface area contributed by atoms with Gasteiger partial charge >= 0.3 is 0 Å². The lowest BCUT2D eigenvalue weighted by Gasteiger charge is -2.33. The summed E-state index contributed by atoms with van der Waals surface area (Å²) in [4.78, 5) is 8.85. The lowest BCUT2D eigenvalue weighted by atomic mass is 9.86. The number of thiazole rings is 1. The number of nitrogens with zero attached hydrogens (tertiary/aromatic N) is 2. The molecule has 21 heavy (non-hydrogen) atoms. The van der Waals surface area contributed by atoms with Crippen LogP contribution >= 0.6 is 11.3 Å². The Morgan fingerprint density at radius 2 is 2.14 bits per heavy atom. The van der Waals surface area contributed by atoms with E-state index >= 15 is 0 Å². The molecule has 0 aromatic carbocycles. The van der Waals surface area contributed by atoms with E-state index in [2.05, 4.69) is 38.0 Å². The Labute approximate surface area is 134 Å². The molecule has 2 unspecified atom stereocenters. The molecule has 1 aromatic rings. The topological polar surface area (TPSA) is 28.2 Å². The van der Waals surface area contributed by atoms with E-state index in [4.69, 9.17) is 4.98 Å². The molecule has 0 spiro atoms. The van der Waals surface area contributed by atoms with Crippen molar-refractivity contribution in [2.75, 3.05) is 18.5 Å². The minimum Gasteiger partial charge on any atom is -0.348 e. The van der Waals surface area contributed by atoms with Gasteiger partial charge in [0.15, 0.2) is 5.13 Å². The molecule has 0 saturated heterocycles. The lowest BCUT2D eigenvalue weighted by molar-refractivity contribution is 0.336. The first-order chi connectivity index (χ1) is 10.2. The Hall–Kier alpha value is -0.610. The number of anilines is 1. The highest BCUT2D eigenvalue weighted by atomic mass is 32.1. The molecule has 2 rings (SSSR count). The van der Waals surface area contributed by atoms with Crippen molar-refractivity contribution in [2.24, 2.45) is 5.92 Å². The van der Waals surface area contributed by atoms with Crippen molar-refractivity contribution in [1.29, 1.82) is 0 Å². The fourth-order valence-corrected chi connectivity index (χ4v) is 4.35. The standard InChI is InChI=1S/C17H31N3S/c1-5-8-15-16(12-18-6-2)21-17(19-15)20(4)14-10-7-9-13(3)11-14/h13-14,18H,5-12H2,1-4H3. The highest BCUT2D eigenvalue weighted by Crippen LogP contribution is 2.33. The fourth-order valence-electron chi connectivity index (χ4n) is 3.24. The SMILES string of the molecule is CCCc1nc(N(C)C2CCCC(C)C2)sc1CNCC. The highest BCUT2D eigenvalue weighted by Gasteiger charge is 2.25. The number of hydrogen-bond acceptors (Lipinski definition) is 4. The summed E-state index contributed by atoms with van der Waals surface area (Å²) in [6.45, 7) is 8.79. The highest BCUT2D eigenvalue weighted by molar-refractivity contribution is 7.15. The molecular weight excluding hydrogens is 278 g/mol. The van der Waals surface area contributed by atoms with Gasteiger partial charge in [0.1, 0.15) is 0 Å². The maximum Gasteiger partial charge on any atom is 0.185 e. The third kappa shape index (κ3) is 4.43. The van der Waals surface area contributed by atoms with Crippen molar-refractivity contribution in [1.82, 2.24) is 10.3 Å². The van der Waals surface area contributed by atoms with Gasteiger partial charge in [-0.3, -0.25) is 0 Å². The van der Waals surface area contributed by atoms with Gasteiger partial charge in [-0.1, -0.05) is 40.0 Å². The minimum atomic E-state index is 0.682. The first-order valence-electron chi connectivity index (χ1n) is 8.57. The van der Waals surface area contributed by atoms with E-state index in [0.717, 1.165) is 25.4 Å². The molecule has 0 radical (unpaired) electrons. The van der Waals surface area contributed by atoms with Gasteiger partial charge in [-0.2, -0.15) is 0 Å². The number of nitrogens with one attached hydrogen (secondary N) is 1. The van der Waals surface area contributed by atoms with E-state index in [1.54, 1.807) is 0 Å². The van der Waals surface area contributed by atoms with Gasteiger partial charge in [-0.15, -0.1) is 11.3 Å². The molecule has 3 nitrogen and oxygen atoms in total. The zero-order valence-corrected chi connectivity index (χ0v) is 14.9. The van der Waals surface area contributed by atoms with Crippen LogP contribution in [-0.2, 0) is 13.0 Å². The van der Waals surface area contributed by atoms with Crippen molar-refractivity contribution < 1.29 is 0 Å². The molecule has 1 saturated carbocycles. The first kappa shape index (κ1) is 16.8. The van der Waals surface area contributed by atoms with Gasteiger partial charge in [0.05, 0.1) is 5.69 Å². The Morgan fingerprint density at radius 3 is 2.81 bits per heavy atom. The van der Waals surface area contributed by atoms with Crippen LogP contribution in [0.2, 0.25) is 0 Å². The van der Waals surface area contributed by atoms with Crippen LogP contribution in [0.4, 0.5) is 5.13 Å². The molecule has 1 fully saturated rings. The Morgan fingerprint density at radius 1 is 1.33 bits per heavy atom. The van der Waals surface area contributed by atoms with Crippen LogP contribution in [0.3, 0.4) is 0 Å². The number of hydrogen-bond donors (Lipinski definition) is 1. The molecule has 1 heterocycles. The van der Waals surface area contributed by atoms with Crippen molar-refractivity contribution in [3.05, 3.63) is 10.6 Å². The van der Waals surface area contributed by atoms with E-state index in [1.165, 1.54) is 47.8 Å². The van der Waals surface area contributed by atoms with Gasteiger partial charge in [0, 0.05) is 24.5 Å². The van der Waals surface area contributed by atoms with Crippen LogP contribution in [0.15, 0.2) is 0 Å². The zero-order valence-electron chi connectivity index (χ0n) is 14.1. The van der Waals surface area contributed by atoms with Crippen LogP contribution in [0, 0.1) is 5.92 Å². The maximum absolute atomic E-state index is 4.96. The molecule has 1 aliphatic rings. The quantitative estimate of drug-likeness (QED) is 0.817. The first-order valence-corrected chi connectivity index (χ1v) is 9.39. The van der Waals surface area contributed by atoms with Crippen LogP contribution in [0.1, 0.15) is 63.4 Å². The van der Waals surface area contributed by atoms with E-state index in [0.29, 0.717) is 6.04 Å². The normalized spacial score (nSPS) is 22.5. The molecular formula is C17H31N3S. The number of aryl methyl sites for hydroxylation is 1. The molecule has 1 aliphatic carbocycles. The lowest BCUT2D eigenvalue weighted by Crippen LogP contribution is -2.35. The third-order valence-electron chi connectivity index (χ3n) is 4.55. The Bertz CT molecular complexity index is 430. The molecule has 4 heteroatoms. The van der Waals surface area contributed by atoms with Crippen LogP contribution in [0.25, 0.3) is 0 Å². The largest absolute Gasteiger partial charge is 0.348 e. The van der Waals surface area contributed by atoms with Crippen molar-refractivity contribution in [3.63, 3.8) is 0 Å². The average molecular weight is 310 g/mol. The minimum absolute atomic E-state index is 0.682. The third-order valence-corrected chi connectivity index (χ3v) is 5.74. The van der Waals surface area contributed by atoms with Crippen LogP contribution in [0.5, 0.6) is 0 Å². The Balaban J connectivity index is 2.10. The summed E-state index contributed by atoms with van der Waals surface area (Å²) in [6, 6.07) is 0.682. The van der Waals surface area contributed by atoms with E-state index in [-0.39, 0.29) is 0 Å². The predicted octanol–water partition coefficient (Wildman–Crippen LogP) is 4.22. The maximum atomic E-state index is 4.96. The van der Waals surface area contributed by atoms with Gasteiger partial charge in [-0.05, 0) is 31.7 Å². The number of aromatic nitrogens is 1. The monoisotopic (exact) mass is 309 g/mol. The second-order valence-electron chi connectivity index (χ2n) is 6.43. The molecule has 0 aliphatic heterocycles. The molecule has 0 bridgehead atoms. The summed E-state index contributed by atoms with van der Waals surface area (Å²) in [5.41, 5.74) is 1.31. The molecule has 0 amide bonds. The zero-order chi connectivity index (χ0) is 15.2. The smallest absolute Gasteiger partial charge is 0.185 e. The summed E-state index contributed by atoms with van der Waals surface area (Å²) >= 11 is 1.89. The molecule has 1 aromatic heterocycles. The van der Waals surface area contributed by atoms with Gasteiger partial charge in [-0.25, -0.2) is 4.98 Å². The van der Waals surface area contributed by atoms with Crippen LogP contribution < -0.4 is 10.2 Å². The average Bonchev–Trinajstić information content (AvgIpc) is 2.88. The van der Waals surface area contributed by atoms with Crippen molar-refractivity contribution in [2.45, 2.75) is 71.9 Å². The summed E-state index contributed by atoms with van der Waals surface area (Å²) in [5, 5.41) is 4.68. The predicted molar refractivity (Wildman–Crippen MR) is 93.3 cm³/mol. The Kier molecular flexibility index (Phi) is 6.49. The van der Waals surface area contributed by atoms with Gasteiger partial charge in [0.2, 0.25) is 0 Å². The second kappa shape index (κ2) is 8.14. The van der Waals surface area contributed by atoms with E-state index in [9.17, 15) is 0 Å². The summed E-state index contributed by atoms with van der Waals surface area (Å²) in [6.07, 6.45) is 7.69. The fraction of sp³-hybridized carbons (Fsp3) is 0.824. The van der Waals surface area contributed by atoms with Crippen molar-refractivity contribution >= 4 is 16.5 Å². The summed E-state index contributed by atoms with van der Waals surface area (Å²) in [7, 11) is 2.24. The van der Waals surface area contributed by atoms with Gasteiger partial charge < -0.3 is 10.2 Å². The summed E-state index contributed by atoms with van der Waals surface area (Å²) < 4.78 is 0.